The van der Waals surface area contributed by atoms with Crippen molar-refractivity contribution in [2.45, 2.75) is 33.2 Å². The maximum Gasteiger partial charge on any atom is 0.0292 e. The zero-order valence-corrected chi connectivity index (χ0v) is 11.3. The fourth-order valence-electron chi connectivity index (χ4n) is 1.48. The summed E-state index contributed by atoms with van der Waals surface area (Å²) in [5.41, 5.74) is 1.34. The third-order valence-corrected chi connectivity index (χ3v) is 3.01. The predicted octanol–water partition coefficient (Wildman–Crippen LogP) is 4.15. The molecule has 1 nitrogen and oxygen atoms in total. The minimum Gasteiger partial charge on any atom is -0.310 e. The second-order valence-electron chi connectivity index (χ2n) is 4.41. The minimum absolute atomic E-state index is 0.432. The summed E-state index contributed by atoms with van der Waals surface area (Å²) in [7, 11) is 0. The first-order chi connectivity index (χ1) is 7.09. The number of hydrogen-bond acceptors (Lipinski definition) is 1. The summed E-state index contributed by atoms with van der Waals surface area (Å²) in [4.78, 5) is 0. The molecule has 0 spiro atoms. The van der Waals surface area contributed by atoms with Crippen LogP contribution in [0.5, 0.6) is 0 Å². The summed E-state index contributed by atoms with van der Waals surface area (Å²) in [5.74, 6) is 0.771. The Balaban J connectivity index is 2.43. The molecule has 0 amide bonds. The molecule has 1 atom stereocenters. The van der Waals surface area contributed by atoms with E-state index in [4.69, 9.17) is 0 Å². The van der Waals surface area contributed by atoms with Gasteiger partial charge in [0.2, 0.25) is 0 Å². The maximum atomic E-state index is 3.54. The third-order valence-electron chi connectivity index (χ3n) is 2.52. The quantitative estimate of drug-likeness (QED) is 0.847. The van der Waals surface area contributed by atoms with E-state index in [1.165, 1.54) is 12.0 Å². The van der Waals surface area contributed by atoms with Gasteiger partial charge in [0.1, 0.15) is 0 Å². The molecular formula is C13H20BrN. The predicted molar refractivity (Wildman–Crippen MR) is 70.0 cm³/mol. The summed E-state index contributed by atoms with van der Waals surface area (Å²) in [5, 5.41) is 3.54. The van der Waals surface area contributed by atoms with E-state index < -0.39 is 0 Å². The maximum absolute atomic E-state index is 3.54. The molecule has 2 heteroatoms. The van der Waals surface area contributed by atoms with E-state index in [1.54, 1.807) is 0 Å². The van der Waals surface area contributed by atoms with Crippen LogP contribution in [0.1, 0.15) is 38.8 Å². The van der Waals surface area contributed by atoms with E-state index in [1.807, 2.05) is 0 Å². The Labute approximate surface area is 101 Å². The van der Waals surface area contributed by atoms with Crippen LogP contribution in [0.25, 0.3) is 0 Å². The van der Waals surface area contributed by atoms with Gasteiger partial charge in [-0.2, -0.15) is 0 Å². The summed E-state index contributed by atoms with van der Waals surface area (Å²) in [6.45, 7) is 7.81. The van der Waals surface area contributed by atoms with Gasteiger partial charge in [-0.15, -0.1) is 0 Å². The Morgan fingerprint density at radius 2 is 2.00 bits per heavy atom. The molecule has 1 aromatic carbocycles. The fraction of sp³-hybridized carbons (Fsp3) is 0.538. The molecule has 0 aliphatic rings. The number of halogens is 1. The zero-order chi connectivity index (χ0) is 11.3. The molecule has 84 valence electrons. The first-order valence-electron chi connectivity index (χ1n) is 5.58. The second-order valence-corrected chi connectivity index (χ2v) is 5.33. The molecular weight excluding hydrogens is 250 g/mol. The van der Waals surface area contributed by atoms with E-state index in [2.05, 4.69) is 66.3 Å². The van der Waals surface area contributed by atoms with Gasteiger partial charge in [0, 0.05) is 10.5 Å². The van der Waals surface area contributed by atoms with Crippen molar-refractivity contribution in [2.24, 2.45) is 5.92 Å². The molecule has 0 fully saturated rings. The van der Waals surface area contributed by atoms with E-state index in [0.29, 0.717) is 6.04 Å². The van der Waals surface area contributed by atoms with E-state index in [0.717, 1.165) is 16.9 Å². The summed E-state index contributed by atoms with van der Waals surface area (Å²) in [6.07, 6.45) is 1.23. The Morgan fingerprint density at radius 3 is 2.60 bits per heavy atom. The lowest BCUT2D eigenvalue weighted by Gasteiger charge is -2.15. The van der Waals surface area contributed by atoms with Crippen LogP contribution in [-0.2, 0) is 0 Å². The first-order valence-corrected chi connectivity index (χ1v) is 6.37. The van der Waals surface area contributed by atoms with E-state index in [-0.39, 0.29) is 0 Å². The van der Waals surface area contributed by atoms with Gasteiger partial charge in [-0.05, 0) is 43.5 Å². The third kappa shape index (κ3) is 4.80. The Kier molecular flexibility index (Phi) is 5.34. The van der Waals surface area contributed by atoms with Gasteiger partial charge in [0.25, 0.3) is 0 Å². The highest BCUT2D eigenvalue weighted by Crippen LogP contribution is 2.17. The average molecular weight is 270 g/mol. The lowest BCUT2D eigenvalue weighted by atomic mass is 10.1. The van der Waals surface area contributed by atoms with Crippen molar-refractivity contribution in [1.29, 1.82) is 0 Å². The highest BCUT2D eigenvalue weighted by atomic mass is 79.9. The number of rotatable bonds is 5. The number of hydrogen-bond donors (Lipinski definition) is 1. The van der Waals surface area contributed by atoms with Gasteiger partial charge >= 0.3 is 0 Å². The Hall–Kier alpha value is -0.340. The molecule has 0 radical (unpaired) electrons. The molecule has 1 rings (SSSR count). The minimum atomic E-state index is 0.432. The molecule has 1 N–H and O–H groups in total. The lowest BCUT2D eigenvalue weighted by Crippen LogP contribution is -2.20. The van der Waals surface area contributed by atoms with Crippen LogP contribution in [0.2, 0.25) is 0 Å². The Morgan fingerprint density at radius 1 is 1.27 bits per heavy atom. The van der Waals surface area contributed by atoms with Crippen molar-refractivity contribution < 1.29 is 0 Å². The topological polar surface area (TPSA) is 12.0 Å². The van der Waals surface area contributed by atoms with Gasteiger partial charge in [-0.25, -0.2) is 0 Å². The first kappa shape index (κ1) is 12.7. The Bertz CT molecular complexity index is 296. The molecule has 0 saturated carbocycles. The lowest BCUT2D eigenvalue weighted by molar-refractivity contribution is 0.497. The molecule has 0 heterocycles. The van der Waals surface area contributed by atoms with Crippen LogP contribution in [-0.4, -0.2) is 6.54 Å². The smallest absolute Gasteiger partial charge is 0.0292 e. The van der Waals surface area contributed by atoms with Gasteiger partial charge in [-0.3, -0.25) is 0 Å². The van der Waals surface area contributed by atoms with E-state index in [9.17, 15) is 0 Å². The van der Waals surface area contributed by atoms with Crippen LogP contribution in [0.4, 0.5) is 0 Å². The van der Waals surface area contributed by atoms with Gasteiger partial charge in [0.05, 0.1) is 0 Å². The molecule has 0 aromatic heterocycles. The molecule has 15 heavy (non-hydrogen) atoms. The molecule has 0 bridgehead atoms. The second kappa shape index (κ2) is 6.29. The summed E-state index contributed by atoms with van der Waals surface area (Å²) in [6, 6.07) is 8.91. The highest BCUT2D eigenvalue weighted by molar-refractivity contribution is 9.10. The largest absolute Gasteiger partial charge is 0.310 e. The van der Waals surface area contributed by atoms with Crippen molar-refractivity contribution >= 4 is 15.9 Å². The van der Waals surface area contributed by atoms with Crippen molar-refractivity contribution in [1.82, 2.24) is 5.32 Å². The van der Waals surface area contributed by atoms with E-state index >= 15 is 0 Å². The van der Waals surface area contributed by atoms with Crippen LogP contribution in [0, 0.1) is 5.92 Å². The standard InChI is InChI=1S/C13H20BrN/c1-10(2)7-8-15-11(3)12-5-4-6-13(14)9-12/h4-6,9-11,15H,7-8H2,1-3H3. The SMILES string of the molecule is CC(C)CCNC(C)c1cccc(Br)c1. The highest BCUT2D eigenvalue weighted by Gasteiger charge is 2.04. The number of benzene rings is 1. The number of nitrogens with one attached hydrogen (secondary N) is 1. The monoisotopic (exact) mass is 269 g/mol. The molecule has 0 aliphatic carbocycles. The van der Waals surface area contributed by atoms with Gasteiger partial charge in [-0.1, -0.05) is 41.9 Å². The van der Waals surface area contributed by atoms with Gasteiger partial charge < -0.3 is 5.32 Å². The summed E-state index contributed by atoms with van der Waals surface area (Å²) < 4.78 is 1.15. The fourth-order valence-corrected chi connectivity index (χ4v) is 1.90. The van der Waals surface area contributed by atoms with Crippen molar-refractivity contribution in [2.75, 3.05) is 6.54 Å². The van der Waals surface area contributed by atoms with Crippen molar-refractivity contribution in [3.05, 3.63) is 34.3 Å². The zero-order valence-electron chi connectivity index (χ0n) is 9.76. The van der Waals surface area contributed by atoms with Crippen LogP contribution < -0.4 is 5.32 Å². The van der Waals surface area contributed by atoms with Crippen molar-refractivity contribution in [3.63, 3.8) is 0 Å². The average Bonchev–Trinajstić information content (AvgIpc) is 2.17. The van der Waals surface area contributed by atoms with Crippen LogP contribution in [0.3, 0.4) is 0 Å². The molecule has 1 unspecified atom stereocenters. The summed E-state index contributed by atoms with van der Waals surface area (Å²) >= 11 is 3.49. The molecule has 1 aromatic rings. The molecule has 0 aliphatic heterocycles. The van der Waals surface area contributed by atoms with Gasteiger partial charge in [0.15, 0.2) is 0 Å². The van der Waals surface area contributed by atoms with Crippen molar-refractivity contribution in [3.8, 4) is 0 Å². The van der Waals surface area contributed by atoms with Crippen LogP contribution >= 0.6 is 15.9 Å². The molecule has 0 saturated heterocycles. The van der Waals surface area contributed by atoms with Crippen LogP contribution in [0.15, 0.2) is 28.7 Å². The normalized spacial score (nSPS) is 13.1.